The average Bonchev–Trinajstić information content (AvgIpc) is 2.73. The highest BCUT2D eigenvalue weighted by Gasteiger charge is 2.14. The van der Waals surface area contributed by atoms with Crippen molar-refractivity contribution in [2.45, 2.75) is 11.5 Å². The number of anilines is 1. The molecule has 1 N–H and O–H groups in total. The zero-order valence-corrected chi connectivity index (χ0v) is 18.2. The molecule has 0 heterocycles. The van der Waals surface area contributed by atoms with Crippen LogP contribution in [0.15, 0.2) is 77.7 Å². The summed E-state index contributed by atoms with van der Waals surface area (Å²) >= 11 is 7.01. The number of hydrogen-bond donors (Lipinski definition) is 1. The van der Waals surface area contributed by atoms with Crippen molar-refractivity contribution >= 4 is 40.2 Å². The van der Waals surface area contributed by atoms with E-state index < -0.39 is 0 Å². The molecule has 0 atom stereocenters. The molecule has 2 amide bonds. The molecule has 0 aliphatic rings. The predicted octanol–water partition coefficient (Wildman–Crippen LogP) is 5.95. The van der Waals surface area contributed by atoms with Crippen molar-refractivity contribution in [3.63, 3.8) is 0 Å². The van der Waals surface area contributed by atoms with E-state index in [4.69, 9.17) is 16.3 Å². The van der Waals surface area contributed by atoms with Gasteiger partial charge in [-0.05, 0) is 59.8 Å². The van der Waals surface area contributed by atoms with Crippen molar-refractivity contribution in [1.29, 1.82) is 0 Å². The molecule has 0 aliphatic heterocycles. The molecule has 154 valence electrons. The molecular weight excluding hydrogens is 420 g/mol. The standard InChI is InChI=1S/C23H21ClN2O3S/c1-26(2)23(28)30-19-7-5-6-18(14-19)25-22(27)20-8-3-4-9-21(20)29-15-16-10-12-17(24)13-11-16/h3-14H,15H2,1-2H3,(H,25,27). The first kappa shape index (κ1) is 21.7. The second-order valence-electron chi connectivity index (χ2n) is 6.66. The average molecular weight is 441 g/mol. The topological polar surface area (TPSA) is 58.6 Å². The summed E-state index contributed by atoms with van der Waals surface area (Å²) in [5.74, 6) is 0.195. The number of halogens is 1. The Hall–Kier alpha value is -2.96. The molecule has 3 aromatic rings. The maximum Gasteiger partial charge on any atom is 0.285 e. The third-order valence-corrected chi connectivity index (χ3v) is 5.38. The van der Waals surface area contributed by atoms with Crippen LogP contribution in [0.25, 0.3) is 0 Å². The maximum absolute atomic E-state index is 12.8. The van der Waals surface area contributed by atoms with Gasteiger partial charge in [-0.3, -0.25) is 9.59 Å². The van der Waals surface area contributed by atoms with Crippen molar-refractivity contribution in [1.82, 2.24) is 4.90 Å². The first-order chi connectivity index (χ1) is 14.4. The first-order valence-electron chi connectivity index (χ1n) is 9.19. The molecule has 3 rings (SSSR count). The van der Waals surface area contributed by atoms with Crippen LogP contribution in [0.5, 0.6) is 5.75 Å². The lowest BCUT2D eigenvalue weighted by Gasteiger charge is -2.13. The summed E-state index contributed by atoms with van der Waals surface area (Å²) in [6, 6.07) is 21.6. The zero-order valence-electron chi connectivity index (χ0n) is 16.6. The Kier molecular flexibility index (Phi) is 7.38. The number of rotatable bonds is 6. The molecule has 3 aromatic carbocycles. The number of thioether (sulfide) groups is 1. The van der Waals surface area contributed by atoms with Crippen LogP contribution in [0.1, 0.15) is 15.9 Å². The molecule has 0 radical (unpaired) electrons. The summed E-state index contributed by atoms with van der Waals surface area (Å²) in [6.45, 7) is 0.320. The summed E-state index contributed by atoms with van der Waals surface area (Å²) < 4.78 is 5.87. The molecule has 0 spiro atoms. The lowest BCUT2D eigenvalue weighted by molar-refractivity contribution is 0.102. The Balaban J connectivity index is 1.70. The van der Waals surface area contributed by atoms with Gasteiger partial charge >= 0.3 is 0 Å². The Morgan fingerprint density at radius 1 is 1.00 bits per heavy atom. The van der Waals surface area contributed by atoms with E-state index in [1.165, 1.54) is 4.90 Å². The van der Waals surface area contributed by atoms with E-state index in [1.54, 1.807) is 62.6 Å². The highest BCUT2D eigenvalue weighted by molar-refractivity contribution is 8.13. The molecule has 30 heavy (non-hydrogen) atoms. The molecule has 0 aromatic heterocycles. The van der Waals surface area contributed by atoms with Gasteiger partial charge < -0.3 is 15.0 Å². The van der Waals surface area contributed by atoms with E-state index in [1.807, 2.05) is 24.3 Å². The molecule has 0 saturated heterocycles. The third-order valence-electron chi connectivity index (χ3n) is 4.10. The Bertz CT molecular complexity index is 1040. The number of carbonyl (C=O) groups is 2. The zero-order chi connectivity index (χ0) is 21.5. The van der Waals surface area contributed by atoms with Crippen LogP contribution < -0.4 is 10.1 Å². The van der Waals surface area contributed by atoms with Gasteiger partial charge in [0.25, 0.3) is 11.1 Å². The summed E-state index contributed by atoms with van der Waals surface area (Å²) in [7, 11) is 3.39. The Morgan fingerprint density at radius 3 is 2.47 bits per heavy atom. The fourth-order valence-electron chi connectivity index (χ4n) is 2.55. The van der Waals surface area contributed by atoms with Crippen molar-refractivity contribution in [3.05, 3.63) is 88.9 Å². The number of nitrogens with one attached hydrogen (secondary N) is 1. The quantitative estimate of drug-likeness (QED) is 0.481. The van der Waals surface area contributed by atoms with Gasteiger partial charge in [-0.15, -0.1) is 0 Å². The number of ether oxygens (including phenoxy) is 1. The fourth-order valence-corrected chi connectivity index (χ4v) is 3.39. The van der Waals surface area contributed by atoms with Gasteiger partial charge in [-0.1, -0.05) is 41.9 Å². The van der Waals surface area contributed by atoms with Crippen molar-refractivity contribution in [2.75, 3.05) is 19.4 Å². The molecule has 0 saturated carbocycles. The predicted molar refractivity (Wildman–Crippen MR) is 122 cm³/mol. The molecular formula is C23H21ClN2O3S. The third kappa shape index (κ3) is 6.02. The van der Waals surface area contributed by atoms with Crippen LogP contribution in [0.3, 0.4) is 0 Å². The second-order valence-corrected chi connectivity index (χ2v) is 8.12. The van der Waals surface area contributed by atoms with Crippen molar-refractivity contribution in [2.24, 2.45) is 0 Å². The van der Waals surface area contributed by atoms with Crippen LogP contribution >= 0.6 is 23.4 Å². The van der Waals surface area contributed by atoms with Gasteiger partial charge in [0.15, 0.2) is 0 Å². The van der Waals surface area contributed by atoms with Crippen molar-refractivity contribution in [3.8, 4) is 5.75 Å². The second kappa shape index (κ2) is 10.2. The Morgan fingerprint density at radius 2 is 1.73 bits per heavy atom. The molecule has 7 heteroatoms. The van der Waals surface area contributed by atoms with Gasteiger partial charge in [0.05, 0.1) is 5.56 Å². The highest BCUT2D eigenvalue weighted by Crippen LogP contribution is 2.25. The normalized spacial score (nSPS) is 10.4. The summed E-state index contributed by atoms with van der Waals surface area (Å²) in [6.07, 6.45) is 0. The molecule has 0 fully saturated rings. The minimum atomic E-state index is -0.289. The summed E-state index contributed by atoms with van der Waals surface area (Å²) in [5.41, 5.74) is 1.97. The van der Waals surface area contributed by atoms with E-state index in [2.05, 4.69) is 5.32 Å². The number of amides is 2. The van der Waals surface area contributed by atoms with Gasteiger partial charge in [0, 0.05) is 29.7 Å². The minimum absolute atomic E-state index is 0.0839. The van der Waals surface area contributed by atoms with Crippen LogP contribution in [0.4, 0.5) is 10.5 Å². The number of para-hydroxylation sites is 1. The van der Waals surface area contributed by atoms with Crippen LogP contribution in [-0.2, 0) is 6.61 Å². The monoisotopic (exact) mass is 440 g/mol. The molecule has 0 bridgehead atoms. The van der Waals surface area contributed by atoms with E-state index in [9.17, 15) is 9.59 Å². The number of carbonyl (C=O) groups excluding carboxylic acids is 2. The SMILES string of the molecule is CN(C)C(=O)Sc1cccc(NC(=O)c2ccccc2OCc2ccc(Cl)cc2)c1. The number of nitrogens with zero attached hydrogens (tertiary/aromatic N) is 1. The van der Waals surface area contributed by atoms with Gasteiger partial charge in [-0.2, -0.15) is 0 Å². The highest BCUT2D eigenvalue weighted by atomic mass is 35.5. The smallest absolute Gasteiger partial charge is 0.285 e. The van der Waals surface area contributed by atoms with E-state index in [-0.39, 0.29) is 11.1 Å². The largest absolute Gasteiger partial charge is 0.488 e. The first-order valence-corrected chi connectivity index (χ1v) is 10.4. The lowest BCUT2D eigenvalue weighted by Crippen LogP contribution is -2.16. The van der Waals surface area contributed by atoms with Crippen LogP contribution in [0.2, 0.25) is 5.02 Å². The van der Waals surface area contributed by atoms with Gasteiger partial charge in [0.2, 0.25) is 0 Å². The minimum Gasteiger partial charge on any atom is -0.488 e. The molecule has 5 nitrogen and oxygen atoms in total. The maximum atomic E-state index is 12.8. The van der Waals surface area contributed by atoms with Crippen LogP contribution in [-0.4, -0.2) is 30.1 Å². The number of hydrogen-bond acceptors (Lipinski definition) is 4. The van der Waals surface area contributed by atoms with E-state index >= 15 is 0 Å². The molecule has 0 aliphatic carbocycles. The Labute approximate surface area is 185 Å². The number of benzene rings is 3. The van der Waals surface area contributed by atoms with Crippen molar-refractivity contribution < 1.29 is 14.3 Å². The van der Waals surface area contributed by atoms with Gasteiger partial charge in [-0.25, -0.2) is 0 Å². The summed E-state index contributed by atoms with van der Waals surface area (Å²) in [5, 5.41) is 3.45. The van der Waals surface area contributed by atoms with E-state index in [0.717, 1.165) is 22.2 Å². The molecule has 0 unspecified atom stereocenters. The van der Waals surface area contributed by atoms with Gasteiger partial charge in [0.1, 0.15) is 12.4 Å². The lowest BCUT2D eigenvalue weighted by atomic mass is 10.1. The summed E-state index contributed by atoms with van der Waals surface area (Å²) in [4.78, 5) is 27.0. The van der Waals surface area contributed by atoms with Crippen LogP contribution in [0, 0.1) is 0 Å². The fraction of sp³-hybridized carbons (Fsp3) is 0.130. The van der Waals surface area contributed by atoms with E-state index in [0.29, 0.717) is 28.6 Å².